The summed E-state index contributed by atoms with van der Waals surface area (Å²) in [5.41, 5.74) is 2.86. The lowest BCUT2D eigenvalue weighted by Crippen LogP contribution is -2.19. The number of pyridine rings is 1. The molecular formula is C26H23N3O4S. The Morgan fingerprint density at radius 1 is 0.941 bits per heavy atom. The lowest BCUT2D eigenvalue weighted by molar-refractivity contribution is 0.103. The highest BCUT2D eigenvalue weighted by Gasteiger charge is 2.15. The number of rotatable bonds is 8. The first-order valence-corrected chi connectivity index (χ1v) is 11.7. The summed E-state index contributed by atoms with van der Waals surface area (Å²) in [6.07, 6.45) is 3.59. The molecule has 2 aromatic carbocycles. The van der Waals surface area contributed by atoms with Gasteiger partial charge in [0.05, 0.1) is 26.5 Å². The number of nitrogens with zero attached hydrogens (tertiary/aromatic N) is 3. The Morgan fingerprint density at radius 3 is 2.41 bits per heavy atom. The molecule has 0 aliphatic carbocycles. The second-order valence-electron chi connectivity index (χ2n) is 7.39. The lowest BCUT2D eigenvalue weighted by atomic mass is 10.1. The molecule has 4 rings (SSSR count). The van der Waals surface area contributed by atoms with Crippen molar-refractivity contribution < 1.29 is 14.3 Å². The molecule has 0 aliphatic heterocycles. The first kappa shape index (κ1) is 23.3. The molecule has 172 valence electrons. The van der Waals surface area contributed by atoms with Gasteiger partial charge in [-0.3, -0.25) is 9.59 Å². The smallest absolute Gasteiger partial charge is 0.250 e. The van der Waals surface area contributed by atoms with Crippen LogP contribution in [0, 0.1) is 0 Å². The van der Waals surface area contributed by atoms with E-state index in [0.29, 0.717) is 45.7 Å². The molecule has 0 saturated heterocycles. The van der Waals surface area contributed by atoms with Gasteiger partial charge in [-0.15, -0.1) is 0 Å². The van der Waals surface area contributed by atoms with Crippen molar-refractivity contribution in [3.8, 4) is 22.8 Å². The van der Waals surface area contributed by atoms with Gasteiger partial charge >= 0.3 is 0 Å². The Balaban J connectivity index is 1.71. The van der Waals surface area contributed by atoms with E-state index in [9.17, 15) is 9.59 Å². The highest BCUT2D eigenvalue weighted by molar-refractivity contribution is 7.98. The fourth-order valence-electron chi connectivity index (χ4n) is 3.50. The minimum Gasteiger partial charge on any atom is -0.493 e. The number of hydrogen-bond acceptors (Lipinski definition) is 7. The summed E-state index contributed by atoms with van der Waals surface area (Å²) in [4.78, 5) is 34.6. The number of carbonyl (C=O) groups is 1. The molecule has 8 heteroatoms. The van der Waals surface area contributed by atoms with Gasteiger partial charge in [0.15, 0.2) is 16.7 Å². The second kappa shape index (κ2) is 10.4. The van der Waals surface area contributed by atoms with Crippen LogP contribution >= 0.6 is 11.8 Å². The Labute approximate surface area is 201 Å². The van der Waals surface area contributed by atoms with E-state index < -0.39 is 0 Å². The monoisotopic (exact) mass is 473 g/mol. The van der Waals surface area contributed by atoms with Crippen LogP contribution in [0.1, 0.15) is 21.6 Å². The van der Waals surface area contributed by atoms with E-state index in [4.69, 9.17) is 9.47 Å². The molecule has 0 fully saturated rings. The van der Waals surface area contributed by atoms with Crippen molar-refractivity contribution in [2.45, 2.75) is 11.7 Å². The second-order valence-corrected chi connectivity index (χ2v) is 8.17. The lowest BCUT2D eigenvalue weighted by Gasteiger charge is -2.12. The normalized spacial score (nSPS) is 10.7. The maximum absolute atomic E-state index is 13.0. The number of benzene rings is 2. The summed E-state index contributed by atoms with van der Waals surface area (Å²) in [5, 5.41) is 0.481. The third kappa shape index (κ3) is 5.02. The number of methoxy groups -OCH3 is 2. The van der Waals surface area contributed by atoms with Crippen LogP contribution in [0.15, 0.2) is 82.9 Å². The average Bonchev–Trinajstić information content (AvgIpc) is 2.89. The number of aromatic nitrogens is 3. The molecule has 0 unspecified atom stereocenters. The minimum absolute atomic E-state index is 0.154. The van der Waals surface area contributed by atoms with E-state index in [1.54, 1.807) is 55.3 Å². The van der Waals surface area contributed by atoms with Crippen LogP contribution in [0.25, 0.3) is 11.3 Å². The van der Waals surface area contributed by atoms with Gasteiger partial charge in [-0.1, -0.05) is 48.2 Å². The summed E-state index contributed by atoms with van der Waals surface area (Å²) < 4.78 is 12.3. The van der Waals surface area contributed by atoms with Gasteiger partial charge < -0.3 is 14.0 Å². The van der Waals surface area contributed by atoms with Gasteiger partial charge in [0.2, 0.25) is 5.78 Å². The van der Waals surface area contributed by atoms with Crippen LogP contribution in [-0.2, 0) is 6.54 Å². The molecule has 0 atom stereocenters. The van der Waals surface area contributed by atoms with Crippen LogP contribution in [0.4, 0.5) is 0 Å². The molecule has 0 N–H and O–H groups in total. The Morgan fingerprint density at radius 2 is 1.71 bits per heavy atom. The van der Waals surface area contributed by atoms with Crippen molar-refractivity contribution in [2.75, 3.05) is 20.5 Å². The standard InChI is InChI=1S/C26H23N3O4S/c1-32-22-11-9-17(13-23(22)33-2)15-29-16-19(10-12-24(29)30)20-14-21(28-26(27-20)34-3)25(31)18-7-5-4-6-8-18/h4-14,16H,15H2,1-3H3. The van der Waals surface area contributed by atoms with E-state index >= 15 is 0 Å². The molecular weight excluding hydrogens is 450 g/mol. The van der Waals surface area contributed by atoms with Crippen molar-refractivity contribution in [1.82, 2.24) is 14.5 Å². The molecule has 4 aromatic rings. The zero-order valence-electron chi connectivity index (χ0n) is 19.0. The molecule has 2 aromatic heterocycles. The van der Waals surface area contributed by atoms with E-state index in [0.717, 1.165) is 5.56 Å². The third-order valence-electron chi connectivity index (χ3n) is 5.24. The van der Waals surface area contributed by atoms with Gasteiger partial charge in [0.25, 0.3) is 5.56 Å². The van der Waals surface area contributed by atoms with Crippen molar-refractivity contribution >= 4 is 17.5 Å². The van der Waals surface area contributed by atoms with E-state index in [-0.39, 0.29) is 11.3 Å². The number of thioether (sulfide) groups is 1. The first-order chi connectivity index (χ1) is 16.5. The third-order valence-corrected chi connectivity index (χ3v) is 5.78. The summed E-state index contributed by atoms with van der Waals surface area (Å²) in [6.45, 7) is 0.337. The van der Waals surface area contributed by atoms with E-state index in [2.05, 4.69) is 9.97 Å². The maximum atomic E-state index is 13.0. The maximum Gasteiger partial charge on any atom is 0.250 e. The molecule has 7 nitrogen and oxygen atoms in total. The number of ketones is 1. The SMILES string of the molecule is COc1ccc(Cn2cc(-c3cc(C(=O)c4ccccc4)nc(SC)n3)ccc2=O)cc1OC. The van der Waals surface area contributed by atoms with Crippen molar-refractivity contribution in [3.05, 3.63) is 100 Å². The van der Waals surface area contributed by atoms with Gasteiger partial charge in [-0.25, -0.2) is 9.97 Å². The van der Waals surface area contributed by atoms with Crippen molar-refractivity contribution in [1.29, 1.82) is 0 Å². The van der Waals surface area contributed by atoms with Crippen LogP contribution in [0.2, 0.25) is 0 Å². The predicted octanol–water partition coefficient (Wildman–Crippen LogP) is 4.32. The van der Waals surface area contributed by atoms with E-state index in [1.807, 2.05) is 36.6 Å². The number of carbonyl (C=O) groups excluding carboxylic acids is 1. The van der Waals surface area contributed by atoms with Gasteiger partial charge in [-0.05, 0) is 36.1 Å². The molecule has 0 aliphatic rings. The zero-order chi connectivity index (χ0) is 24.1. The largest absolute Gasteiger partial charge is 0.493 e. The highest BCUT2D eigenvalue weighted by Crippen LogP contribution is 2.28. The predicted molar refractivity (Wildman–Crippen MR) is 132 cm³/mol. The fraction of sp³-hybridized carbons (Fsp3) is 0.154. The molecule has 0 saturated carbocycles. The Bertz CT molecular complexity index is 1390. The zero-order valence-corrected chi connectivity index (χ0v) is 19.8. The average molecular weight is 474 g/mol. The molecule has 2 heterocycles. The minimum atomic E-state index is -0.182. The summed E-state index contributed by atoms with van der Waals surface area (Å²) in [7, 11) is 3.15. The van der Waals surface area contributed by atoms with Crippen LogP contribution < -0.4 is 15.0 Å². The quantitative estimate of drug-likeness (QED) is 0.214. The Kier molecular flexibility index (Phi) is 7.08. The van der Waals surface area contributed by atoms with Crippen LogP contribution in [-0.4, -0.2) is 40.8 Å². The summed E-state index contributed by atoms with van der Waals surface area (Å²) in [6, 6.07) is 19.4. The number of hydrogen-bond donors (Lipinski definition) is 0. The van der Waals surface area contributed by atoms with Gasteiger partial charge in [0, 0.05) is 23.4 Å². The topological polar surface area (TPSA) is 83.3 Å². The summed E-state index contributed by atoms with van der Waals surface area (Å²) in [5.74, 6) is 1.03. The van der Waals surface area contributed by atoms with Crippen LogP contribution in [0.3, 0.4) is 0 Å². The highest BCUT2D eigenvalue weighted by atomic mass is 32.2. The fourth-order valence-corrected chi connectivity index (χ4v) is 3.88. The van der Waals surface area contributed by atoms with Crippen LogP contribution in [0.5, 0.6) is 11.5 Å². The van der Waals surface area contributed by atoms with Gasteiger partial charge in [0.1, 0.15) is 5.69 Å². The van der Waals surface area contributed by atoms with Crippen molar-refractivity contribution in [3.63, 3.8) is 0 Å². The molecule has 0 spiro atoms. The van der Waals surface area contributed by atoms with Crippen molar-refractivity contribution in [2.24, 2.45) is 0 Å². The molecule has 0 amide bonds. The first-order valence-electron chi connectivity index (χ1n) is 10.5. The Hall–Kier alpha value is -3.91. The van der Waals surface area contributed by atoms with Gasteiger partial charge in [-0.2, -0.15) is 0 Å². The molecule has 34 heavy (non-hydrogen) atoms. The molecule has 0 radical (unpaired) electrons. The number of ether oxygens (including phenoxy) is 2. The molecule has 0 bridgehead atoms. The van der Waals surface area contributed by atoms with E-state index in [1.165, 1.54) is 17.8 Å². The summed E-state index contributed by atoms with van der Waals surface area (Å²) >= 11 is 1.35.